The molecular formula is C20H20BrNO5. The van der Waals surface area contributed by atoms with Crippen LogP contribution >= 0.6 is 15.9 Å². The van der Waals surface area contributed by atoms with E-state index in [0.29, 0.717) is 22.5 Å². The second kappa shape index (κ2) is 8.43. The molecular weight excluding hydrogens is 414 g/mol. The van der Waals surface area contributed by atoms with Gasteiger partial charge < -0.3 is 19.1 Å². The van der Waals surface area contributed by atoms with E-state index in [1.54, 1.807) is 4.90 Å². The molecule has 0 saturated heterocycles. The average molecular weight is 434 g/mol. The highest BCUT2D eigenvalue weighted by molar-refractivity contribution is 9.10. The number of methoxy groups -OCH3 is 2. The molecule has 0 atom stereocenters. The first-order valence-electron chi connectivity index (χ1n) is 8.52. The van der Waals surface area contributed by atoms with Crippen molar-refractivity contribution < 1.29 is 23.8 Å². The molecule has 1 aliphatic rings. The van der Waals surface area contributed by atoms with Crippen LogP contribution in [0, 0.1) is 0 Å². The average Bonchev–Trinajstić information content (AvgIpc) is 2.71. The van der Waals surface area contributed by atoms with E-state index in [4.69, 9.17) is 14.2 Å². The molecule has 6 nitrogen and oxygen atoms in total. The predicted octanol–water partition coefficient (Wildman–Crippen LogP) is 3.60. The fourth-order valence-electron chi connectivity index (χ4n) is 3.07. The maximum Gasteiger partial charge on any atom is 0.338 e. The van der Waals surface area contributed by atoms with Gasteiger partial charge in [-0.2, -0.15) is 0 Å². The van der Waals surface area contributed by atoms with Gasteiger partial charge in [0.2, 0.25) is 0 Å². The summed E-state index contributed by atoms with van der Waals surface area (Å²) >= 11 is 3.35. The molecule has 3 rings (SSSR count). The SMILES string of the molecule is COc1cc(C(=O)OCC(=O)N2CCCc3ccccc32)cc(OC)c1Br. The van der Waals surface area contributed by atoms with Gasteiger partial charge in [-0.15, -0.1) is 0 Å². The van der Waals surface area contributed by atoms with Crippen LogP contribution in [0.1, 0.15) is 22.3 Å². The molecule has 7 heteroatoms. The summed E-state index contributed by atoms with van der Waals surface area (Å²) in [7, 11) is 2.98. The molecule has 0 aliphatic carbocycles. The smallest absolute Gasteiger partial charge is 0.338 e. The van der Waals surface area contributed by atoms with Crippen molar-refractivity contribution in [3.05, 3.63) is 52.0 Å². The highest BCUT2D eigenvalue weighted by atomic mass is 79.9. The number of rotatable bonds is 5. The lowest BCUT2D eigenvalue weighted by atomic mass is 10.0. The van der Waals surface area contributed by atoms with Gasteiger partial charge in [0.15, 0.2) is 6.61 Å². The molecule has 1 aliphatic heterocycles. The first-order chi connectivity index (χ1) is 13.0. The Labute approximate surface area is 166 Å². The number of para-hydroxylation sites is 1. The van der Waals surface area contributed by atoms with Gasteiger partial charge in [0.25, 0.3) is 5.91 Å². The van der Waals surface area contributed by atoms with E-state index in [1.165, 1.54) is 26.4 Å². The summed E-state index contributed by atoms with van der Waals surface area (Å²) in [5.74, 6) is 0.0273. The van der Waals surface area contributed by atoms with E-state index in [1.807, 2.05) is 24.3 Å². The lowest BCUT2D eigenvalue weighted by Gasteiger charge is -2.29. The second-order valence-electron chi connectivity index (χ2n) is 6.05. The van der Waals surface area contributed by atoms with Gasteiger partial charge in [0, 0.05) is 12.2 Å². The summed E-state index contributed by atoms with van der Waals surface area (Å²) in [6, 6.07) is 10.9. The second-order valence-corrected chi connectivity index (χ2v) is 6.84. The van der Waals surface area contributed by atoms with Crippen LogP contribution < -0.4 is 14.4 Å². The highest BCUT2D eigenvalue weighted by Crippen LogP contribution is 2.35. The van der Waals surface area contributed by atoms with Gasteiger partial charge in [0.05, 0.1) is 19.8 Å². The largest absolute Gasteiger partial charge is 0.495 e. The Morgan fingerprint density at radius 1 is 1.11 bits per heavy atom. The molecule has 0 aromatic heterocycles. The highest BCUT2D eigenvalue weighted by Gasteiger charge is 2.24. The monoisotopic (exact) mass is 433 g/mol. The predicted molar refractivity (Wildman–Crippen MR) is 105 cm³/mol. The van der Waals surface area contributed by atoms with E-state index in [-0.39, 0.29) is 18.1 Å². The standard InChI is InChI=1S/C20H20BrNO5/c1-25-16-10-14(11-17(26-2)19(16)21)20(24)27-12-18(23)22-9-5-7-13-6-3-4-8-15(13)22/h3-4,6,8,10-11H,5,7,9,12H2,1-2H3. The summed E-state index contributed by atoms with van der Waals surface area (Å²) in [5.41, 5.74) is 2.27. The zero-order valence-electron chi connectivity index (χ0n) is 15.2. The van der Waals surface area contributed by atoms with Gasteiger partial charge in [-0.3, -0.25) is 4.79 Å². The first kappa shape index (κ1) is 19.2. The molecule has 1 heterocycles. The Kier molecular flexibility index (Phi) is 6.01. The summed E-state index contributed by atoms with van der Waals surface area (Å²) in [6.45, 7) is 0.293. The van der Waals surface area contributed by atoms with Crippen LogP contribution in [0.15, 0.2) is 40.9 Å². The molecule has 0 unspecified atom stereocenters. The topological polar surface area (TPSA) is 65.1 Å². The number of hydrogen-bond donors (Lipinski definition) is 0. The van der Waals surface area contributed by atoms with Gasteiger partial charge >= 0.3 is 5.97 Å². The van der Waals surface area contributed by atoms with Crippen LogP contribution in [0.3, 0.4) is 0 Å². The number of carbonyl (C=O) groups is 2. The molecule has 0 radical (unpaired) electrons. The van der Waals surface area contributed by atoms with Crippen molar-refractivity contribution in [3.63, 3.8) is 0 Å². The van der Waals surface area contributed by atoms with E-state index >= 15 is 0 Å². The zero-order chi connectivity index (χ0) is 19.4. The summed E-state index contributed by atoms with van der Waals surface area (Å²) in [5, 5.41) is 0. The molecule has 0 saturated carbocycles. The van der Waals surface area contributed by atoms with Crippen LogP contribution in [0.2, 0.25) is 0 Å². The number of nitrogens with zero attached hydrogens (tertiary/aromatic N) is 1. The Balaban J connectivity index is 1.70. The lowest BCUT2D eigenvalue weighted by molar-refractivity contribution is -0.121. The van der Waals surface area contributed by atoms with Crippen LogP contribution in [-0.2, 0) is 16.0 Å². The number of hydrogen-bond acceptors (Lipinski definition) is 5. The minimum absolute atomic E-state index is 0.244. The zero-order valence-corrected chi connectivity index (χ0v) is 16.7. The van der Waals surface area contributed by atoms with Gasteiger partial charge in [-0.05, 0) is 52.5 Å². The molecule has 142 valence electrons. The fourth-order valence-corrected chi connectivity index (χ4v) is 3.62. The number of esters is 1. The van der Waals surface area contributed by atoms with E-state index < -0.39 is 5.97 Å². The number of amides is 1. The minimum Gasteiger partial charge on any atom is -0.495 e. The fraction of sp³-hybridized carbons (Fsp3) is 0.300. The lowest BCUT2D eigenvalue weighted by Crippen LogP contribution is -2.38. The van der Waals surface area contributed by atoms with Crippen LogP contribution in [0.5, 0.6) is 11.5 Å². The van der Waals surface area contributed by atoms with Crippen molar-refractivity contribution in [1.82, 2.24) is 0 Å². The third-order valence-corrected chi connectivity index (χ3v) is 5.20. The van der Waals surface area contributed by atoms with Crippen LogP contribution in [0.25, 0.3) is 0 Å². The Morgan fingerprint density at radius 2 is 1.78 bits per heavy atom. The summed E-state index contributed by atoms with van der Waals surface area (Å²) in [6.07, 6.45) is 1.83. The van der Waals surface area contributed by atoms with Gasteiger partial charge in [-0.1, -0.05) is 18.2 Å². The number of carbonyl (C=O) groups excluding carboxylic acids is 2. The van der Waals surface area contributed by atoms with Crippen molar-refractivity contribution in [2.45, 2.75) is 12.8 Å². The van der Waals surface area contributed by atoms with Crippen LogP contribution in [-0.4, -0.2) is 39.2 Å². The number of halogens is 1. The maximum atomic E-state index is 12.6. The third kappa shape index (κ3) is 4.08. The van der Waals surface area contributed by atoms with Crippen molar-refractivity contribution in [2.75, 3.05) is 32.3 Å². The van der Waals surface area contributed by atoms with E-state index in [0.717, 1.165) is 24.1 Å². The Bertz CT molecular complexity index is 842. The quantitative estimate of drug-likeness (QED) is 0.673. The molecule has 2 aromatic rings. The van der Waals surface area contributed by atoms with Gasteiger partial charge in [-0.25, -0.2) is 4.79 Å². The normalized spacial score (nSPS) is 12.9. The Hall–Kier alpha value is -2.54. The number of fused-ring (bicyclic) bond motifs is 1. The van der Waals surface area contributed by atoms with Crippen LogP contribution in [0.4, 0.5) is 5.69 Å². The van der Waals surface area contributed by atoms with Crippen molar-refractivity contribution in [2.24, 2.45) is 0 Å². The molecule has 0 bridgehead atoms. The number of aryl methyl sites for hydroxylation is 1. The van der Waals surface area contributed by atoms with Gasteiger partial charge in [0.1, 0.15) is 16.0 Å². The first-order valence-corrected chi connectivity index (χ1v) is 9.31. The minimum atomic E-state index is -0.613. The van der Waals surface area contributed by atoms with E-state index in [2.05, 4.69) is 15.9 Å². The van der Waals surface area contributed by atoms with Crippen molar-refractivity contribution in [3.8, 4) is 11.5 Å². The summed E-state index contributed by atoms with van der Waals surface area (Å²) in [4.78, 5) is 26.7. The molecule has 2 aromatic carbocycles. The molecule has 0 N–H and O–H groups in total. The van der Waals surface area contributed by atoms with E-state index in [9.17, 15) is 9.59 Å². The van der Waals surface area contributed by atoms with Crippen molar-refractivity contribution >= 4 is 33.5 Å². The molecule has 27 heavy (non-hydrogen) atoms. The number of benzene rings is 2. The molecule has 0 fully saturated rings. The van der Waals surface area contributed by atoms with Crippen molar-refractivity contribution in [1.29, 1.82) is 0 Å². The maximum absolute atomic E-state index is 12.6. The molecule has 0 spiro atoms. The number of ether oxygens (including phenoxy) is 3. The summed E-state index contributed by atoms with van der Waals surface area (Å²) < 4.78 is 16.3. The molecule has 1 amide bonds. The number of anilines is 1. The Morgan fingerprint density at radius 3 is 2.44 bits per heavy atom. The third-order valence-electron chi connectivity index (χ3n) is 4.42.